The summed E-state index contributed by atoms with van der Waals surface area (Å²) in [7, 11) is -2.00. The monoisotopic (exact) mass is 350 g/mol. The lowest BCUT2D eigenvalue weighted by atomic mass is 10.1. The summed E-state index contributed by atoms with van der Waals surface area (Å²) < 4.78 is 0. The van der Waals surface area contributed by atoms with Crippen molar-refractivity contribution in [1.82, 2.24) is 0 Å². The Morgan fingerprint density at radius 1 is 0.385 bits per heavy atom. The highest BCUT2D eigenvalue weighted by Crippen LogP contribution is 2.18. The molecule has 0 heterocycles. The Balaban J connectivity index is 1.83. The summed E-state index contributed by atoms with van der Waals surface area (Å²) >= 11 is 0. The Kier molecular flexibility index (Phi) is 4.55. The van der Waals surface area contributed by atoms with E-state index in [0.717, 1.165) is 0 Å². The summed E-state index contributed by atoms with van der Waals surface area (Å²) in [6, 6.07) is 41.7. The number of hydrogen-bond acceptors (Lipinski definition) is 0. The summed E-state index contributed by atoms with van der Waals surface area (Å²) in [5.74, 6) is 0. The molecule has 0 aromatic heterocycles. The van der Waals surface area contributed by atoms with Gasteiger partial charge in [-0.2, -0.15) is 0 Å². The molecule has 0 spiro atoms. The molecule has 0 saturated heterocycles. The zero-order valence-electron chi connectivity index (χ0n) is 15.0. The largest absolute Gasteiger partial charge is 0.145 e. The highest BCUT2D eigenvalue weighted by Gasteiger charge is 2.33. The van der Waals surface area contributed by atoms with Crippen molar-refractivity contribution in [2.24, 2.45) is 0 Å². The summed E-state index contributed by atoms with van der Waals surface area (Å²) in [5, 5.41) is 4.33. The van der Waals surface area contributed by atoms with Crippen molar-refractivity contribution in [2.75, 3.05) is 0 Å². The fourth-order valence-corrected chi connectivity index (χ4v) is 7.22. The van der Waals surface area contributed by atoms with Gasteiger partial charge in [-0.05, 0) is 26.7 Å². The van der Waals surface area contributed by atoms with Gasteiger partial charge in [0.15, 0.2) is 0 Å². The molecule has 0 atom stereocenters. The average Bonchev–Trinajstić information content (AvgIpc) is 2.75. The van der Waals surface area contributed by atoms with Gasteiger partial charge in [0.25, 0.3) is 0 Å². The van der Waals surface area contributed by atoms with Gasteiger partial charge in [-0.25, -0.2) is 0 Å². The van der Waals surface area contributed by atoms with Crippen molar-refractivity contribution in [3.8, 4) is 11.1 Å². The van der Waals surface area contributed by atoms with Gasteiger partial charge in [-0.15, -0.1) is 0 Å². The van der Waals surface area contributed by atoms with E-state index in [0.29, 0.717) is 0 Å². The van der Waals surface area contributed by atoms with E-state index in [9.17, 15) is 0 Å². The quantitative estimate of drug-likeness (QED) is 0.377. The maximum absolute atomic E-state index is 2.45. The predicted octanol–water partition coefficient (Wildman–Crippen LogP) is 4.45. The minimum Gasteiger partial charge on any atom is -0.0624 e. The molecule has 0 nitrogen and oxygen atoms in total. The van der Waals surface area contributed by atoms with Gasteiger partial charge in [0.1, 0.15) is 8.07 Å². The van der Waals surface area contributed by atoms with E-state index < -0.39 is 8.07 Å². The molecule has 0 N–H and O–H groups in total. The Bertz CT molecular complexity index is 919. The van der Waals surface area contributed by atoms with E-state index in [-0.39, 0.29) is 0 Å². The second-order valence-corrected chi connectivity index (χ2v) is 10.8. The van der Waals surface area contributed by atoms with Gasteiger partial charge in [-0.3, -0.25) is 0 Å². The zero-order chi connectivity index (χ0) is 17.8. The van der Waals surface area contributed by atoms with Crippen molar-refractivity contribution in [1.29, 1.82) is 0 Å². The minimum absolute atomic E-state index is 1.27. The van der Waals surface area contributed by atoms with Crippen LogP contribution in [0.2, 0.25) is 6.55 Å². The van der Waals surface area contributed by atoms with Gasteiger partial charge < -0.3 is 0 Å². The van der Waals surface area contributed by atoms with Crippen LogP contribution in [0.4, 0.5) is 0 Å². The molecule has 1 heteroatoms. The van der Waals surface area contributed by atoms with E-state index >= 15 is 0 Å². The Morgan fingerprint density at radius 3 is 1.19 bits per heavy atom. The molecule has 126 valence electrons. The topological polar surface area (TPSA) is 0 Å². The van der Waals surface area contributed by atoms with E-state index in [1.165, 1.54) is 26.7 Å². The molecule has 4 aromatic rings. The van der Waals surface area contributed by atoms with Gasteiger partial charge in [0.05, 0.1) is 0 Å². The van der Waals surface area contributed by atoms with Crippen LogP contribution < -0.4 is 15.6 Å². The molecule has 26 heavy (non-hydrogen) atoms. The fraction of sp³-hybridized carbons (Fsp3) is 0.0400. The van der Waals surface area contributed by atoms with Crippen LogP contribution >= 0.6 is 0 Å². The third kappa shape index (κ3) is 3.02. The van der Waals surface area contributed by atoms with Crippen molar-refractivity contribution < 1.29 is 0 Å². The third-order valence-corrected chi connectivity index (χ3v) is 9.74. The van der Waals surface area contributed by atoms with E-state index in [2.05, 4.69) is 122 Å². The minimum atomic E-state index is -2.00. The van der Waals surface area contributed by atoms with Gasteiger partial charge in [0, 0.05) is 0 Å². The van der Waals surface area contributed by atoms with Gasteiger partial charge in [-0.1, -0.05) is 122 Å². The van der Waals surface area contributed by atoms with Crippen LogP contribution in [-0.4, -0.2) is 8.07 Å². The first-order valence-electron chi connectivity index (χ1n) is 9.05. The molecule has 0 aliphatic carbocycles. The van der Waals surface area contributed by atoms with E-state index in [4.69, 9.17) is 0 Å². The van der Waals surface area contributed by atoms with Crippen molar-refractivity contribution in [3.63, 3.8) is 0 Å². The highest BCUT2D eigenvalue weighted by atomic mass is 28.3. The highest BCUT2D eigenvalue weighted by molar-refractivity contribution is 7.10. The summed E-state index contributed by atoms with van der Waals surface area (Å²) in [5.41, 5.74) is 2.54. The van der Waals surface area contributed by atoms with Gasteiger partial charge >= 0.3 is 0 Å². The number of rotatable bonds is 4. The molecular weight excluding hydrogens is 328 g/mol. The van der Waals surface area contributed by atoms with Crippen molar-refractivity contribution in [3.05, 3.63) is 115 Å². The van der Waals surface area contributed by atoms with Crippen molar-refractivity contribution >= 4 is 23.6 Å². The normalized spacial score (nSPS) is 11.3. The van der Waals surface area contributed by atoms with E-state index in [1.54, 1.807) is 0 Å². The maximum Gasteiger partial charge on any atom is 0.145 e. The lowest BCUT2D eigenvalue weighted by Gasteiger charge is -2.29. The van der Waals surface area contributed by atoms with E-state index in [1.807, 2.05) is 0 Å². The summed E-state index contributed by atoms with van der Waals surface area (Å²) in [4.78, 5) is 0. The van der Waals surface area contributed by atoms with Crippen LogP contribution in [0.3, 0.4) is 0 Å². The molecular formula is C25H22Si. The predicted molar refractivity (Wildman–Crippen MR) is 115 cm³/mol. The molecule has 4 aromatic carbocycles. The number of hydrogen-bond donors (Lipinski definition) is 0. The molecule has 0 fully saturated rings. The molecule has 0 radical (unpaired) electrons. The maximum atomic E-state index is 2.45. The first-order chi connectivity index (χ1) is 12.8. The Hall–Kier alpha value is -2.90. The molecule has 0 saturated carbocycles. The van der Waals surface area contributed by atoms with Crippen molar-refractivity contribution in [2.45, 2.75) is 6.55 Å². The zero-order valence-corrected chi connectivity index (χ0v) is 16.0. The molecule has 0 unspecified atom stereocenters. The Morgan fingerprint density at radius 2 is 0.731 bits per heavy atom. The smallest absolute Gasteiger partial charge is 0.0624 e. The summed E-state index contributed by atoms with van der Waals surface area (Å²) in [6.07, 6.45) is 0. The second kappa shape index (κ2) is 7.15. The summed E-state index contributed by atoms with van der Waals surface area (Å²) in [6.45, 7) is 2.45. The SMILES string of the molecule is C[Si](c1ccccc1)(c1ccccc1)c1ccc(-c2ccccc2)cc1. The van der Waals surface area contributed by atoms with Crippen LogP contribution in [-0.2, 0) is 0 Å². The first kappa shape index (κ1) is 16.6. The average molecular weight is 351 g/mol. The molecule has 0 aliphatic rings. The number of benzene rings is 4. The molecule has 0 bridgehead atoms. The standard InChI is InChI=1S/C25H22Si/c1-26(23-13-7-3-8-14-23,24-15-9-4-10-16-24)25-19-17-22(18-20-25)21-11-5-2-6-12-21/h2-20H,1H3. The van der Waals surface area contributed by atoms with Gasteiger partial charge in [0.2, 0.25) is 0 Å². The Labute approximate surface area is 156 Å². The second-order valence-electron chi connectivity index (χ2n) is 6.80. The molecule has 4 rings (SSSR count). The molecule has 0 aliphatic heterocycles. The lowest BCUT2D eigenvalue weighted by molar-refractivity contribution is 1.62. The van der Waals surface area contributed by atoms with Crippen LogP contribution in [0, 0.1) is 0 Å². The molecule has 0 amide bonds. The first-order valence-corrected chi connectivity index (χ1v) is 11.6. The van der Waals surface area contributed by atoms with Crippen LogP contribution in [0.1, 0.15) is 0 Å². The third-order valence-electron chi connectivity index (χ3n) is 5.27. The van der Waals surface area contributed by atoms with Crippen LogP contribution in [0.5, 0.6) is 0 Å². The fourth-order valence-electron chi connectivity index (χ4n) is 3.67. The van der Waals surface area contributed by atoms with Crippen LogP contribution in [0.25, 0.3) is 11.1 Å². The van der Waals surface area contributed by atoms with Crippen LogP contribution in [0.15, 0.2) is 115 Å². The lowest BCUT2D eigenvalue weighted by Crippen LogP contribution is -2.64.